The molecule has 2 aliphatic rings. The average Bonchev–Trinajstić information content (AvgIpc) is 2.54. The van der Waals surface area contributed by atoms with Crippen LogP contribution in [0.3, 0.4) is 0 Å². The highest BCUT2D eigenvalue weighted by Crippen LogP contribution is 2.19. The van der Waals surface area contributed by atoms with Crippen LogP contribution in [-0.2, 0) is 9.47 Å². The molecule has 0 amide bonds. The minimum Gasteiger partial charge on any atom is -0.374 e. The fourth-order valence-electron chi connectivity index (χ4n) is 1.84. The molecular formula is C9H17NO2. The Balaban J connectivity index is 1.83. The Kier molecular flexibility index (Phi) is 2.63. The summed E-state index contributed by atoms with van der Waals surface area (Å²) in [4.78, 5) is 0. The summed E-state index contributed by atoms with van der Waals surface area (Å²) in [7, 11) is 0. The summed E-state index contributed by atoms with van der Waals surface area (Å²) >= 11 is 0. The monoisotopic (exact) mass is 171 g/mol. The molecule has 0 spiro atoms. The molecule has 3 atom stereocenters. The van der Waals surface area contributed by atoms with E-state index < -0.39 is 0 Å². The molecular weight excluding hydrogens is 154 g/mol. The number of hydrogen-bond donors (Lipinski definition) is 1. The zero-order valence-electron chi connectivity index (χ0n) is 7.58. The van der Waals surface area contributed by atoms with Gasteiger partial charge in [0.25, 0.3) is 0 Å². The van der Waals surface area contributed by atoms with Crippen LogP contribution >= 0.6 is 0 Å². The van der Waals surface area contributed by atoms with Crippen LogP contribution < -0.4 is 5.32 Å². The molecule has 1 N–H and O–H groups in total. The Labute approximate surface area is 73.4 Å². The van der Waals surface area contributed by atoms with Crippen molar-refractivity contribution in [1.29, 1.82) is 0 Å². The smallest absolute Gasteiger partial charge is 0.134 e. The highest BCUT2D eigenvalue weighted by atomic mass is 16.6. The van der Waals surface area contributed by atoms with Crippen LogP contribution in [0.4, 0.5) is 0 Å². The van der Waals surface area contributed by atoms with Gasteiger partial charge in [0.1, 0.15) is 6.23 Å². The maximum Gasteiger partial charge on any atom is 0.134 e. The molecule has 3 heteroatoms. The summed E-state index contributed by atoms with van der Waals surface area (Å²) in [5.74, 6) is 0. The number of nitrogens with one attached hydrogen (secondary N) is 1. The highest BCUT2D eigenvalue weighted by Gasteiger charge is 2.30. The maximum atomic E-state index is 5.62. The molecule has 2 aliphatic heterocycles. The minimum atomic E-state index is 0.153. The van der Waals surface area contributed by atoms with E-state index in [9.17, 15) is 0 Å². The maximum absolute atomic E-state index is 5.62. The molecule has 3 unspecified atom stereocenters. The van der Waals surface area contributed by atoms with Crippen LogP contribution in [0.2, 0.25) is 0 Å². The summed E-state index contributed by atoms with van der Waals surface area (Å²) in [6, 6.07) is 0.487. The van der Waals surface area contributed by atoms with Gasteiger partial charge in [-0.3, -0.25) is 5.32 Å². The van der Waals surface area contributed by atoms with E-state index in [-0.39, 0.29) is 6.23 Å². The normalized spacial score (nSPS) is 43.2. The van der Waals surface area contributed by atoms with Gasteiger partial charge < -0.3 is 9.47 Å². The van der Waals surface area contributed by atoms with Gasteiger partial charge in [0.2, 0.25) is 0 Å². The first kappa shape index (κ1) is 8.48. The van der Waals surface area contributed by atoms with Crippen LogP contribution in [-0.4, -0.2) is 31.6 Å². The lowest BCUT2D eigenvalue weighted by molar-refractivity contribution is -0.0769. The van der Waals surface area contributed by atoms with Gasteiger partial charge in [0.15, 0.2) is 0 Å². The van der Waals surface area contributed by atoms with E-state index in [1.807, 2.05) is 0 Å². The van der Waals surface area contributed by atoms with Crippen LogP contribution in [0.15, 0.2) is 0 Å². The van der Waals surface area contributed by atoms with E-state index in [1.54, 1.807) is 0 Å². The highest BCUT2D eigenvalue weighted by molar-refractivity contribution is 4.79. The summed E-state index contributed by atoms with van der Waals surface area (Å²) in [6.45, 7) is 3.87. The topological polar surface area (TPSA) is 30.5 Å². The van der Waals surface area contributed by atoms with Crippen molar-refractivity contribution in [3.8, 4) is 0 Å². The van der Waals surface area contributed by atoms with Crippen molar-refractivity contribution >= 4 is 0 Å². The molecule has 70 valence electrons. The molecule has 0 radical (unpaired) electrons. The molecule has 2 fully saturated rings. The first-order chi connectivity index (χ1) is 5.86. The van der Waals surface area contributed by atoms with Crippen molar-refractivity contribution < 1.29 is 9.47 Å². The fraction of sp³-hybridized carbons (Fsp3) is 1.00. The molecule has 2 rings (SSSR count). The van der Waals surface area contributed by atoms with Crippen molar-refractivity contribution in [3.05, 3.63) is 0 Å². The van der Waals surface area contributed by atoms with Gasteiger partial charge in [0.05, 0.1) is 12.7 Å². The van der Waals surface area contributed by atoms with Gasteiger partial charge >= 0.3 is 0 Å². The largest absolute Gasteiger partial charge is 0.374 e. The second kappa shape index (κ2) is 3.73. The van der Waals surface area contributed by atoms with Crippen LogP contribution in [0.5, 0.6) is 0 Å². The van der Waals surface area contributed by atoms with Gasteiger partial charge in [-0.25, -0.2) is 0 Å². The third-order valence-electron chi connectivity index (χ3n) is 2.53. The van der Waals surface area contributed by atoms with Crippen molar-refractivity contribution in [1.82, 2.24) is 5.32 Å². The van der Waals surface area contributed by atoms with Crippen LogP contribution in [0.1, 0.15) is 26.2 Å². The van der Waals surface area contributed by atoms with Gasteiger partial charge in [-0.15, -0.1) is 0 Å². The first-order valence-corrected chi connectivity index (χ1v) is 4.85. The van der Waals surface area contributed by atoms with Crippen molar-refractivity contribution in [2.24, 2.45) is 0 Å². The Morgan fingerprint density at radius 2 is 2.17 bits per heavy atom. The van der Waals surface area contributed by atoms with Crippen molar-refractivity contribution in [2.45, 2.75) is 44.6 Å². The molecule has 0 saturated carbocycles. The second-order valence-electron chi connectivity index (χ2n) is 3.73. The fourth-order valence-corrected chi connectivity index (χ4v) is 1.84. The lowest BCUT2D eigenvalue weighted by Gasteiger charge is -2.27. The molecule has 2 saturated heterocycles. The quantitative estimate of drug-likeness (QED) is 0.635. The predicted molar refractivity (Wildman–Crippen MR) is 45.9 cm³/mol. The lowest BCUT2D eigenvalue weighted by atomic mass is 10.1. The van der Waals surface area contributed by atoms with E-state index in [1.165, 1.54) is 12.8 Å². The number of rotatable bonds is 1. The summed E-state index contributed by atoms with van der Waals surface area (Å²) in [5.41, 5.74) is 0. The third kappa shape index (κ3) is 1.79. The standard InChI is InChI=1S/C9H17NO2/c1-7-6-12-9(10-7)8-4-2-3-5-11-8/h7-10H,2-6H2,1H3. The van der Waals surface area contributed by atoms with Crippen LogP contribution in [0, 0.1) is 0 Å². The molecule has 2 heterocycles. The molecule has 12 heavy (non-hydrogen) atoms. The molecule has 3 nitrogen and oxygen atoms in total. The number of ether oxygens (including phenoxy) is 2. The molecule has 0 bridgehead atoms. The SMILES string of the molecule is CC1COC(C2CCCCO2)N1. The van der Waals surface area contributed by atoms with E-state index in [2.05, 4.69) is 12.2 Å². The van der Waals surface area contributed by atoms with Crippen molar-refractivity contribution in [3.63, 3.8) is 0 Å². The predicted octanol–water partition coefficient (Wildman–Crippen LogP) is 0.890. The molecule has 0 aromatic rings. The van der Waals surface area contributed by atoms with Crippen LogP contribution in [0.25, 0.3) is 0 Å². The van der Waals surface area contributed by atoms with E-state index in [4.69, 9.17) is 9.47 Å². The lowest BCUT2D eigenvalue weighted by Crippen LogP contribution is -2.41. The van der Waals surface area contributed by atoms with Gasteiger partial charge in [0, 0.05) is 12.6 Å². The Bertz CT molecular complexity index is 143. The second-order valence-corrected chi connectivity index (χ2v) is 3.73. The summed E-state index contributed by atoms with van der Waals surface area (Å²) < 4.78 is 11.2. The van der Waals surface area contributed by atoms with E-state index in [0.29, 0.717) is 12.1 Å². The third-order valence-corrected chi connectivity index (χ3v) is 2.53. The van der Waals surface area contributed by atoms with E-state index >= 15 is 0 Å². The summed E-state index contributed by atoms with van der Waals surface area (Å²) in [6.07, 6.45) is 4.08. The Morgan fingerprint density at radius 1 is 1.25 bits per heavy atom. The van der Waals surface area contributed by atoms with E-state index in [0.717, 1.165) is 19.6 Å². The zero-order valence-corrected chi connectivity index (χ0v) is 7.58. The molecule has 0 aromatic heterocycles. The van der Waals surface area contributed by atoms with Crippen molar-refractivity contribution in [2.75, 3.05) is 13.2 Å². The Morgan fingerprint density at radius 3 is 2.75 bits per heavy atom. The van der Waals surface area contributed by atoms with Gasteiger partial charge in [-0.2, -0.15) is 0 Å². The molecule has 0 aromatic carbocycles. The molecule has 0 aliphatic carbocycles. The average molecular weight is 171 g/mol. The minimum absolute atomic E-state index is 0.153. The number of hydrogen-bond acceptors (Lipinski definition) is 3. The first-order valence-electron chi connectivity index (χ1n) is 4.85. The summed E-state index contributed by atoms with van der Waals surface area (Å²) in [5, 5.41) is 3.38. The van der Waals surface area contributed by atoms with Gasteiger partial charge in [-0.1, -0.05) is 0 Å². The Hall–Kier alpha value is -0.120. The van der Waals surface area contributed by atoms with Gasteiger partial charge in [-0.05, 0) is 26.2 Å². The zero-order chi connectivity index (χ0) is 8.39.